The van der Waals surface area contributed by atoms with Crippen molar-refractivity contribution in [2.75, 3.05) is 0 Å². The summed E-state index contributed by atoms with van der Waals surface area (Å²) in [5, 5.41) is 0. The van der Waals surface area contributed by atoms with Crippen molar-refractivity contribution in [2.45, 2.75) is 13.3 Å². The highest BCUT2D eigenvalue weighted by Gasteiger charge is 2.03. The van der Waals surface area contributed by atoms with Crippen LogP contribution in [-0.2, 0) is 0 Å². The normalized spacial score (nSPS) is 16.5. The van der Waals surface area contributed by atoms with Gasteiger partial charge in [-0.3, -0.25) is 0 Å². The summed E-state index contributed by atoms with van der Waals surface area (Å²) in [7, 11) is 0. The number of allylic oxidation sites excluding steroid dienone is 3. The van der Waals surface area contributed by atoms with Crippen molar-refractivity contribution in [3.63, 3.8) is 0 Å². The fourth-order valence-electron chi connectivity index (χ4n) is 1.01. The predicted molar refractivity (Wildman–Crippen MR) is 53.9 cm³/mol. The van der Waals surface area contributed by atoms with Crippen molar-refractivity contribution in [1.29, 1.82) is 0 Å². The van der Waals surface area contributed by atoms with Crippen LogP contribution in [0, 0.1) is 0 Å². The van der Waals surface area contributed by atoms with Gasteiger partial charge in [-0.2, -0.15) is 4.99 Å². The Hall–Kier alpha value is -1.78. The third-order valence-corrected chi connectivity index (χ3v) is 1.62. The van der Waals surface area contributed by atoms with Crippen LogP contribution in [0.4, 0.5) is 0 Å². The summed E-state index contributed by atoms with van der Waals surface area (Å²) in [6.07, 6.45) is 4.81. The van der Waals surface area contributed by atoms with E-state index in [2.05, 4.69) is 9.98 Å². The largest absolute Gasteiger partial charge is 0.370 e. The molecule has 0 spiro atoms. The van der Waals surface area contributed by atoms with Gasteiger partial charge in [0.15, 0.2) is 5.96 Å². The number of rotatable bonds is 1. The summed E-state index contributed by atoms with van der Waals surface area (Å²) in [5.74, 6) is 0.00220. The van der Waals surface area contributed by atoms with E-state index in [-0.39, 0.29) is 11.9 Å². The van der Waals surface area contributed by atoms with Crippen molar-refractivity contribution in [2.24, 2.45) is 27.2 Å². The molecule has 0 atom stereocenters. The van der Waals surface area contributed by atoms with Crippen LogP contribution < -0.4 is 17.2 Å². The monoisotopic (exact) mass is 179 g/mol. The Morgan fingerprint density at radius 3 is 2.54 bits per heavy atom. The molecule has 5 heteroatoms. The molecule has 0 aromatic rings. The van der Waals surface area contributed by atoms with Crippen LogP contribution in [0.1, 0.15) is 13.3 Å². The first-order valence-corrected chi connectivity index (χ1v) is 3.89. The van der Waals surface area contributed by atoms with Gasteiger partial charge in [0.2, 0.25) is 5.96 Å². The molecule has 70 valence electrons. The minimum atomic E-state index is -0.0820. The molecule has 0 aliphatic heterocycles. The summed E-state index contributed by atoms with van der Waals surface area (Å²) in [4.78, 5) is 7.64. The van der Waals surface area contributed by atoms with Crippen LogP contribution in [0.2, 0.25) is 0 Å². The Kier molecular flexibility index (Phi) is 2.69. The molecule has 1 rings (SSSR count). The van der Waals surface area contributed by atoms with Gasteiger partial charge in [-0.1, -0.05) is 6.08 Å². The van der Waals surface area contributed by atoms with E-state index in [1.165, 1.54) is 0 Å². The molecule has 6 N–H and O–H groups in total. The maximum atomic E-state index is 5.45. The Balaban J connectivity index is 2.82. The average Bonchev–Trinajstić information content (AvgIpc) is 2.34. The van der Waals surface area contributed by atoms with E-state index in [9.17, 15) is 0 Å². The van der Waals surface area contributed by atoms with Crippen LogP contribution in [0.25, 0.3) is 0 Å². The Bertz CT molecular complexity index is 317. The van der Waals surface area contributed by atoms with Gasteiger partial charge in [0, 0.05) is 0 Å². The summed E-state index contributed by atoms with van der Waals surface area (Å²) < 4.78 is 0. The van der Waals surface area contributed by atoms with E-state index in [1.807, 2.05) is 19.1 Å². The fourth-order valence-corrected chi connectivity index (χ4v) is 1.01. The van der Waals surface area contributed by atoms with Crippen LogP contribution >= 0.6 is 0 Å². The van der Waals surface area contributed by atoms with Gasteiger partial charge in [0.1, 0.15) is 0 Å². The first-order valence-electron chi connectivity index (χ1n) is 3.89. The number of guanidine groups is 2. The molecule has 0 heterocycles. The molecule has 0 aromatic heterocycles. The second kappa shape index (κ2) is 3.75. The van der Waals surface area contributed by atoms with E-state index in [1.54, 1.807) is 0 Å². The maximum Gasteiger partial charge on any atom is 0.223 e. The third kappa shape index (κ3) is 2.62. The zero-order valence-corrected chi connectivity index (χ0v) is 7.49. The molecule has 0 fully saturated rings. The smallest absolute Gasteiger partial charge is 0.223 e. The number of nitrogens with zero attached hydrogens (tertiary/aromatic N) is 2. The highest BCUT2D eigenvalue weighted by molar-refractivity contribution is 5.93. The van der Waals surface area contributed by atoms with Gasteiger partial charge in [-0.05, 0) is 25.0 Å². The summed E-state index contributed by atoms with van der Waals surface area (Å²) in [6, 6.07) is 0. The minimum absolute atomic E-state index is 0.0820. The van der Waals surface area contributed by atoms with E-state index >= 15 is 0 Å². The summed E-state index contributed by atoms with van der Waals surface area (Å²) in [5.41, 5.74) is 17.7. The van der Waals surface area contributed by atoms with Crippen molar-refractivity contribution < 1.29 is 0 Å². The van der Waals surface area contributed by atoms with E-state index in [0.717, 1.165) is 17.7 Å². The maximum absolute atomic E-state index is 5.45. The van der Waals surface area contributed by atoms with Gasteiger partial charge < -0.3 is 17.2 Å². The molecule has 1 aliphatic rings. The molecule has 5 nitrogen and oxygen atoms in total. The van der Waals surface area contributed by atoms with E-state index in [0.29, 0.717) is 0 Å². The van der Waals surface area contributed by atoms with Gasteiger partial charge in [-0.15, -0.1) is 0 Å². The van der Waals surface area contributed by atoms with Crippen molar-refractivity contribution >= 4 is 11.9 Å². The number of aliphatic imine (C=N–C) groups is 2. The molecule has 0 radical (unpaired) electrons. The molecule has 13 heavy (non-hydrogen) atoms. The Morgan fingerprint density at radius 1 is 1.38 bits per heavy atom. The zero-order chi connectivity index (χ0) is 9.84. The topological polar surface area (TPSA) is 103 Å². The Labute approximate surface area is 76.7 Å². The van der Waals surface area contributed by atoms with Crippen molar-refractivity contribution in [3.8, 4) is 0 Å². The second-order valence-corrected chi connectivity index (χ2v) is 2.78. The fraction of sp³-hybridized carbons (Fsp3) is 0.250. The van der Waals surface area contributed by atoms with Crippen LogP contribution in [0.5, 0.6) is 0 Å². The highest BCUT2D eigenvalue weighted by Crippen LogP contribution is 2.18. The first-order chi connectivity index (χ1) is 6.09. The first kappa shape index (κ1) is 9.31. The molecular formula is C8H13N5. The molecular weight excluding hydrogens is 166 g/mol. The van der Waals surface area contributed by atoms with Gasteiger partial charge in [0.25, 0.3) is 0 Å². The third-order valence-electron chi connectivity index (χ3n) is 1.62. The minimum Gasteiger partial charge on any atom is -0.370 e. The van der Waals surface area contributed by atoms with Gasteiger partial charge in [-0.25, -0.2) is 4.99 Å². The van der Waals surface area contributed by atoms with E-state index < -0.39 is 0 Å². The SMILES string of the molecule is CC1=C(N=C(N)N=C(N)N)C=CC1. The highest BCUT2D eigenvalue weighted by atomic mass is 15.1. The molecule has 1 aliphatic carbocycles. The predicted octanol–water partition coefficient (Wildman–Crippen LogP) is -0.192. The van der Waals surface area contributed by atoms with Gasteiger partial charge in [0.05, 0.1) is 5.70 Å². The number of nitrogens with two attached hydrogens (primary N) is 3. The van der Waals surface area contributed by atoms with Crippen LogP contribution in [0.15, 0.2) is 33.4 Å². The molecule has 0 amide bonds. The zero-order valence-electron chi connectivity index (χ0n) is 7.49. The molecule has 0 saturated heterocycles. The molecule has 0 unspecified atom stereocenters. The molecule has 0 aromatic carbocycles. The molecule has 0 saturated carbocycles. The number of hydrogen-bond donors (Lipinski definition) is 3. The lowest BCUT2D eigenvalue weighted by Crippen LogP contribution is -2.26. The van der Waals surface area contributed by atoms with Crippen molar-refractivity contribution in [3.05, 3.63) is 23.4 Å². The lowest BCUT2D eigenvalue weighted by atomic mass is 10.2. The van der Waals surface area contributed by atoms with E-state index in [4.69, 9.17) is 17.2 Å². The average molecular weight is 179 g/mol. The van der Waals surface area contributed by atoms with Crippen molar-refractivity contribution in [1.82, 2.24) is 0 Å². The van der Waals surface area contributed by atoms with Crippen LogP contribution in [-0.4, -0.2) is 11.9 Å². The Morgan fingerprint density at radius 2 is 2.08 bits per heavy atom. The molecule has 0 bridgehead atoms. The number of hydrogen-bond acceptors (Lipinski definition) is 1. The quantitative estimate of drug-likeness (QED) is 0.384. The van der Waals surface area contributed by atoms with Crippen LogP contribution in [0.3, 0.4) is 0 Å². The lowest BCUT2D eigenvalue weighted by molar-refractivity contribution is 1.19. The van der Waals surface area contributed by atoms with Gasteiger partial charge >= 0.3 is 0 Å². The standard InChI is InChI=1S/C8H13N5/c1-5-3-2-4-6(5)12-8(11)13-7(9)10/h2,4H,3H2,1H3,(H6,9,10,11,12,13). The summed E-state index contributed by atoms with van der Waals surface area (Å²) in [6.45, 7) is 1.99. The summed E-state index contributed by atoms with van der Waals surface area (Å²) >= 11 is 0. The lowest BCUT2D eigenvalue weighted by Gasteiger charge is -1.96. The second-order valence-electron chi connectivity index (χ2n) is 2.78.